The van der Waals surface area contributed by atoms with E-state index in [2.05, 4.69) is 20.7 Å². The van der Waals surface area contributed by atoms with Gasteiger partial charge < -0.3 is 15.7 Å². The molecule has 0 atom stereocenters. The number of aromatic nitrogens is 3. The van der Waals surface area contributed by atoms with E-state index in [0.29, 0.717) is 25.8 Å². The van der Waals surface area contributed by atoms with E-state index in [4.69, 9.17) is 0 Å². The zero-order chi connectivity index (χ0) is 27.1. The average Bonchev–Trinajstić information content (AvgIpc) is 3.39. The molecule has 0 saturated heterocycles. The first-order chi connectivity index (χ1) is 18.0. The quantitative estimate of drug-likeness (QED) is 0.427. The molecule has 3 N–H and O–H groups in total. The largest absolute Gasteiger partial charge is 0.481 e. The summed E-state index contributed by atoms with van der Waals surface area (Å²) in [6.07, 6.45) is 0.872. The van der Waals surface area contributed by atoms with Crippen molar-refractivity contribution >= 4 is 23.4 Å². The van der Waals surface area contributed by atoms with Crippen LogP contribution in [-0.4, -0.2) is 44.0 Å². The number of benzene rings is 1. The van der Waals surface area contributed by atoms with Gasteiger partial charge in [0, 0.05) is 25.2 Å². The van der Waals surface area contributed by atoms with Crippen LogP contribution in [0.2, 0.25) is 0 Å². The summed E-state index contributed by atoms with van der Waals surface area (Å²) >= 11 is 0. The van der Waals surface area contributed by atoms with E-state index >= 15 is 0 Å². The van der Waals surface area contributed by atoms with Gasteiger partial charge in [0.1, 0.15) is 11.4 Å². The van der Waals surface area contributed by atoms with E-state index in [9.17, 15) is 32.7 Å². The lowest BCUT2D eigenvalue weighted by atomic mass is 9.53. The first-order valence-electron chi connectivity index (χ1n) is 12.3. The molecule has 2 heterocycles. The van der Waals surface area contributed by atoms with Gasteiger partial charge in [0.05, 0.1) is 17.2 Å². The number of rotatable bonds is 7. The minimum absolute atomic E-state index is 0.0742. The lowest BCUT2D eigenvalue weighted by Crippen LogP contribution is -2.50. The number of hydrogen-bond donors (Lipinski definition) is 3. The molecule has 1 aromatic carbocycles. The molecule has 3 aliphatic rings. The number of aliphatic carboxylic acids is 1. The molecule has 3 aromatic rings. The Balaban J connectivity index is 1.28. The molecule has 2 aromatic heterocycles. The summed E-state index contributed by atoms with van der Waals surface area (Å²) in [5.41, 5.74) is -1.07. The maximum absolute atomic E-state index is 13.2. The molecule has 2 amide bonds. The molecule has 9 nitrogen and oxygen atoms in total. The van der Waals surface area contributed by atoms with Crippen molar-refractivity contribution < 1.29 is 32.7 Å². The molecule has 2 bridgehead atoms. The summed E-state index contributed by atoms with van der Waals surface area (Å²) in [5.74, 6) is -1.85. The third-order valence-corrected chi connectivity index (χ3v) is 8.01. The van der Waals surface area contributed by atoms with Crippen LogP contribution in [0.25, 0.3) is 5.65 Å². The number of halogens is 3. The highest BCUT2D eigenvalue weighted by Gasteiger charge is 2.52. The first kappa shape index (κ1) is 25.7. The summed E-state index contributed by atoms with van der Waals surface area (Å²) in [6, 6.07) is 7.48. The average molecular weight is 530 g/mol. The summed E-state index contributed by atoms with van der Waals surface area (Å²) in [7, 11) is 0. The van der Waals surface area contributed by atoms with Gasteiger partial charge in [0.2, 0.25) is 0 Å². The van der Waals surface area contributed by atoms with Crippen molar-refractivity contribution in [3.8, 4) is 0 Å². The highest BCUT2D eigenvalue weighted by atomic mass is 19.4. The zero-order valence-electron chi connectivity index (χ0n) is 20.3. The summed E-state index contributed by atoms with van der Waals surface area (Å²) in [5, 5.41) is 19.2. The van der Waals surface area contributed by atoms with Gasteiger partial charge in [-0.05, 0) is 61.6 Å². The molecule has 0 spiro atoms. The third kappa shape index (κ3) is 4.82. The van der Waals surface area contributed by atoms with Gasteiger partial charge in [-0.25, -0.2) is 9.50 Å². The number of carbonyl (C=O) groups is 3. The molecule has 3 aliphatic carbocycles. The lowest BCUT2D eigenvalue weighted by Gasteiger charge is -2.51. The Hall–Kier alpha value is -3.96. The highest BCUT2D eigenvalue weighted by molar-refractivity contribution is 5.98. The van der Waals surface area contributed by atoms with Crippen molar-refractivity contribution in [3.63, 3.8) is 0 Å². The fourth-order valence-electron chi connectivity index (χ4n) is 5.53. The minimum atomic E-state index is -4.49. The molecular weight excluding hydrogens is 503 g/mol. The topological polar surface area (TPSA) is 126 Å². The molecule has 0 unspecified atom stereocenters. The molecule has 6 rings (SSSR count). The number of carboxylic acid groups (broad SMARTS) is 1. The maximum Gasteiger partial charge on any atom is 0.416 e. The van der Waals surface area contributed by atoms with E-state index < -0.39 is 34.9 Å². The number of amides is 2. The van der Waals surface area contributed by atoms with Gasteiger partial charge in [-0.2, -0.15) is 18.3 Å². The number of nitrogens with zero attached hydrogens (tertiary/aromatic N) is 3. The van der Waals surface area contributed by atoms with Crippen LogP contribution in [0.3, 0.4) is 0 Å². The van der Waals surface area contributed by atoms with E-state index in [1.54, 1.807) is 0 Å². The lowest BCUT2D eigenvalue weighted by molar-refractivity contribution is -0.158. The number of carboxylic acids is 1. The monoisotopic (exact) mass is 529 g/mol. The van der Waals surface area contributed by atoms with Gasteiger partial charge in [-0.15, -0.1) is 0 Å². The summed E-state index contributed by atoms with van der Waals surface area (Å²) in [4.78, 5) is 41.9. The van der Waals surface area contributed by atoms with Gasteiger partial charge >= 0.3 is 12.1 Å². The van der Waals surface area contributed by atoms with Gasteiger partial charge in [0.25, 0.3) is 11.8 Å². The molecule has 0 aliphatic heterocycles. The Bertz CT molecular complexity index is 1390. The third-order valence-electron chi connectivity index (χ3n) is 8.01. The van der Waals surface area contributed by atoms with Crippen LogP contribution >= 0.6 is 0 Å². The smallest absolute Gasteiger partial charge is 0.416 e. The number of carbonyl (C=O) groups excluding carboxylic acids is 2. The van der Waals surface area contributed by atoms with Crippen molar-refractivity contribution in [2.45, 2.75) is 51.2 Å². The molecule has 3 fully saturated rings. The minimum Gasteiger partial charge on any atom is -0.481 e. The normalized spacial score (nSPS) is 22.8. The molecule has 12 heteroatoms. The van der Waals surface area contributed by atoms with Crippen LogP contribution in [-0.2, 0) is 17.5 Å². The second kappa shape index (κ2) is 9.41. The van der Waals surface area contributed by atoms with E-state index in [1.165, 1.54) is 35.0 Å². The van der Waals surface area contributed by atoms with Gasteiger partial charge in [-0.1, -0.05) is 12.1 Å². The van der Waals surface area contributed by atoms with E-state index in [1.807, 2.05) is 0 Å². The van der Waals surface area contributed by atoms with Crippen LogP contribution in [0.15, 0.2) is 42.6 Å². The van der Waals surface area contributed by atoms with Crippen molar-refractivity contribution in [3.05, 3.63) is 65.1 Å². The number of fused-ring (bicyclic) bond motifs is 4. The Morgan fingerprint density at radius 2 is 1.68 bits per heavy atom. The van der Waals surface area contributed by atoms with Crippen LogP contribution in [0, 0.1) is 10.8 Å². The SMILES string of the molecule is O=C(NCc1cccc(C(F)(F)F)c1)c1cc(C(=O)NCC23CCC(C(=O)O)(CC2)CC3)n2nccc2n1. The van der Waals surface area contributed by atoms with Crippen molar-refractivity contribution in [2.24, 2.45) is 10.8 Å². The van der Waals surface area contributed by atoms with Gasteiger partial charge in [-0.3, -0.25) is 14.4 Å². The van der Waals surface area contributed by atoms with E-state index in [0.717, 1.165) is 31.4 Å². The Kier molecular flexibility index (Phi) is 6.36. The van der Waals surface area contributed by atoms with Crippen LogP contribution in [0.4, 0.5) is 13.2 Å². The molecule has 0 radical (unpaired) electrons. The maximum atomic E-state index is 13.2. The Morgan fingerprint density at radius 3 is 2.34 bits per heavy atom. The molecular formula is C26H26F3N5O4. The van der Waals surface area contributed by atoms with Crippen molar-refractivity contribution in [2.75, 3.05) is 6.54 Å². The zero-order valence-corrected chi connectivity index (χ0v) is 20.3. The molecule has 200 valence electrons. The molecule has 3 saturated carbocycles. The predicted molar refractivity (Wildman–Crippen MR) is 128 cm³/mol. The highest BCUT2D eigenvalue weighted by Crippen LogP contribution is 2.56. The Morgan fingerprint density at radius 1 is 0.974 bits per heavy atom. The second-order valence-corrected chi connectivity index (χ2v) is 10.3. The summed E-state index contributed by atoms with van der Waals surface area (Å²) in [6.45, 7) is 0.223. The standard InChI is InChI=1S/C26H26F3N5O4/c27-26(28,29)17-3-1-2-16(12-17)14-30-21(35)18-13-19(34-20(33-18)4-11-32-34)22(36)31-15-24-5-8-25(9-6-24,10-7-24)23(37)38/h1-4,11-13H,5-10,14-15H2,(H,30,35)(H,31,36)(H,37,38). The fourth-order valence-corrected chi connectivity index (χ4v) is 5.53. The van der Waals surface area contributed by atoms with Crippen LogP contribution < -0.4 is 10.6 Å². The van der Waals surface area contributed by atoms with Crippen LogP contribution in [0.1, 0.15) is 70.6 Å². The predicted octanol–water partition coefficient (Wildman–Crippen LogP) is 3.83. The van der Waals surface area contributed by atoms with Crippen molar-refractivity contribution in [1.82, 2.24) is 25.2 Å². The Labute approximate surface area is 215 Å². The summed E-state index contributed by atoms with van der Waals surface area (Å²) < 4.78 is 40.3. The number of hydrogen-bond acceptors (Lipinski definition) is 5. The van der Waals surface area contributed by atoms with Crippen molar-refractivity contribution in [1.29, 1.82) is 0 Å². The fraction of sp³-hybridized carbons (Fsp3) is 0.423. The van der Waals surface area contributed by atoms with Gasteiger partial charge in [0.15, 0.2) is 5.65 Å². The molecule has 38 heavy (non-hydrogen) atoms. The second-order valence-electron chi connectivity index (χ2n) is 10.3. The van der Waals surface area contributed by atoms with E-state index in [-0.39, 0.29) is 34.6 Å². The first-order valence-corrected chi connectivity index (χ1v) is 12.3. The number of nitrogens with one attached hydrogen (secondary N) is 2. The number of alkyl halides is 3. The van der Waals surface area contributed by atoms with Crippen LogP contribution in [0.5, 0.6) is 0 Å².